The number of hydrogen-bond donors (Lipinski definition) is 1. The van der Waals surface area contributed by atoms with Gasteiger partial charge >= 0.3 is 0 Å². The van der Waals surface area contributed by atoms with Gasteiger partial charge in [-0.3, -0.25) is 4.90 Å². The molecule has 0 amide bonds. The van der Waals surface area contributed by atoms with Crippen molar-refractivity contribution >= 4 is 17.8 Å². The molecule has 25 heavy (non-hydrogen) atoms. The van der Waals surface area contributed by atoms with Gasteiger partial charge in [0, 0.05) is 30.0 Å². The SMILES string of the molecule is CC(C)(C)c1cc(C=C2CN(CC#N)CCS2)cc(C(C)(C)C)c1O. The van der Waals surface area contributed by atoms with Gasteiger partial charge in [0.25, 0.3) is 0 Å². The zero-order chi connectivity index (χ0) is 18.8. The summed E-state index contributed by atoms with van der Waals surface area (Å²) in [5.74, 6) is 1.44. The molecule has 1 heterocycles. The fraction of sp³-hybridized carbons (Fsp3) is 0.571. The number of phenolic OH excluding ortho intramolecular Hbond substituents is 1. The Morgan fingerprint density at radius 1 is 1.16 bits per heavy atom. The predicted octanol–water partition coefficient (Wildman–Crippen LogP) is 4.90. The lowest BCUT2D eigenvalue weighted by Crippen LogP contribution is -2.31. The summed E-state index contributed by atoms with van der Waals surface area (Å²) in [7, 11) is 0. The molecular formula is C21H30N2OS. The van der Waals surface area contributed by atoms with E-state index in [1.54, 1.807) is 0 Å². The minimum atomic E-state index is -0.120. The van der Waals surface area contributed by atoms with Crippen molar-refractivity contribution < 1.29 is 5.11 Å². The first-order valence-corrected chi connectivity index (χ1v) is 9.81. The summed E-state index contributed by atoms with van der Waals surface area (Å²) in [6.45, 7) is 15.1. The molecule has 1 saturated heterocycles. The molecular weight excluding hydrogens is 328 g/mol. The van der Waals surface area contributed by atoms with Crippen LogP contribution in [-0.2, 0) is 10.8 Å². The van der Waals surface area contributed by atoms with E-state index in [2.05, 4.69) is 70.7 Å². The zero-order valence-corrected chi connectivity index (χ0v) is 17.1. The van der Waals surface area contributed by atoms with Crippen molar-refractivity contribution in [3.63, 3.8) is 0 Å². The molecule has 0 radical (unpaired) electrons. The second kappa shape index (κ2) is 7.43. The van der Waals surface area contributed by atoms with Crippen LogP contribution in [0.25, 0.3) is 6.08 Å². The van der Waals surface area contributed by atoms with Gasteiger partial charge in [0.05, 0.1) is 12.6 Å². The summed E-state index contributed by atoms with van der Waals surface area (Å²) in [6, 6.07) is 6.47. The number of hydrogen-bond acceptors (Lipinski definition) is 4. The molecule has 1 aliphatic rings. The summed E-state index contributed by atoms with van der Waals surface area (Å²) in [5.41, 5.74) is 2.87. The third kappa shape index (κ3) is 5.03. The van der Waals surface area contributed by atoms with Gasteiger partial charge in [0.15, 0.2) is 0 Å². The molecule has 0 aliphatic carbocycles. The van der Waals surface area contributed by atoms with Crippen molar-refractivity contribution in [1.82, 2.24) is 4.90 Å². The molecule has 0 aromatic heterocycles. The third-order valence-corrected chi connectivity index (χ3v) is 5.45. The number of aromatic hydroxyl groups is 1. The lowest BCUT2D eigenvalue weighted by molar-refractivity contribution is 0.354. The van der Waals surface area contributed by atoms with Gasteiger partial charge in [-0.05, 0) is 39.5 Å². The Hall–Kier alpha value is -1.44. The normalized spacial score (nSPS) is 18.4. The highest BCUT2D eigenvalue weighted by Gasteiger charge is 2.26. The molecule has 1 fully saturated rings. The molecule has 0 unspecified atom stereocenters. The maximum absolute atomic E-state index is 10.8. The monoisotopic (exact) mass is 358 g/mol. The highest BCUT2D eigenvalue weighted by molar-refractivity contribution is 8.03. The highest BCUT2D eigenvalue weighted by Crippen LogP contribution is 2.40. The van der Waals surface area contributed by atoms with E-state index in [1.807, 2.05) is 11.8 Å². The van der Waals surface area contributed by atoms with E-state index in [0.29, 0.717) is 12.3 Å². The van der Waals surface area contributed by atoms with Crippen molar-refractivity contribution in [2.75, 3.05) is 25.4 Å². The maximum atomic E-state index is 10.8. The van der Waals surface area contributed by atoms with Crippen LogP contribution in [0.2, 0.25) is 0 Å². The first-order chi connectivity index (χ1) is 11.5. The minimum Gasteiger partial charge on any atom is -0.507 e. The topological polar surface area (TPSA) is 47.3 Å². The van der Waals surface area contributed by atoms with E-state index in [4.69, 9.17) is 5.26 Å². The minimum absolute atomic E-state index is 0.120. The molecule has 1 aliphatic heterocycles. The molecule has 0 spiro atoms. The van der Waals surface area contributed by atoms with Crippen molar-refractivity contribution in [2.45, 2.75) is 52.4 Å². The smallest absolute Gasteiger partial charge is 0.123 e. The molecule has 2 rings (SSSR count). The number of nitriles is 1. The first-order valence-electron chi connectivity index (χ1n) is 8.83. The molecule has 4 heteroatoms. The lowest BCUT2D eigenvalue weighted by atomic mass is 9.78. The molecule has 0 bridgehead atoms. The second-order valence-corrected chi connectivity index (χ2v) is 10.0. The van der Waals surface area contributed by atoms with E-state index in [0.717, 1.165) is 35.5 Å². The Morgan fingerprint density at radius 2 is 1.72 bits per heavy atom. The number of nitrogens with zero attached hydrogens (tertiary/aromatic N) is 2. The van der Waals surface area contributed by atoms with Gasteiger partial charge < -0.3 is 5.11 Å². The summed E-state index contributed by atoms with van der Waals surface area (Å²) in [4.78, 5) is 3.46. The Kier molecular flexibility index (Phi) is 5.91. The second-order valence-electron chi connectivity index (χ2n) is 8.79. The summed E-state index contributed by atoms with van der Waals surface area (Å²) in [6.07, 6.45) is 2.22. The van der Waals surface area contributed by atoms with Crippen LogP contribution in [0.3, 0.4) is 0 Å². The van der Waals surface area contributed by atoms with E-state index in [1.165, 1.54) is 4.91 Å². The number of phenols is 1. The lowest BCUT2D eigenvalue weighted by Gasteiger charge is -2.29. The number of rotatable bonds is 2. The third-order valence-electron chi connectivity index (χ3n) is 4.44. The van der Waals surface area contributed by atoms with Crippen LogP contribution in [0.1, 0.15) is 58.2 Å². The summed E-state index contributed by atoms with van der Waals surface area (Å²) >= 11 is 1.87. The van der Waals surface area contributed by atoms with Crippen molar-refractivity contribution in [3.8, 4) is 11.8 Å². The predicted molar refractivity (Wildman–Crippen MR) is 108 cm³/mol. The van der Waals surface area contributed by atoms with E-state index < -0.39 is 0 Å². The van der Waals surface area contributed by atoms with Crippen molar-refractivity contribution in [3.05, 3.63) is 33.7 Å². The zero-order valence-electron chi connectivity index (χ0n) is 16.3. The molecule has 1 aromatic rings. The van der Waals surface area contributed by atoms with Crippen LogP contribution in [0.15, 0.2) is 17.0 Å². The van der Waals surface area contributed by atoms with E-state index >= 15 is 0 Å². The van der Waals surface area contributed by atoms with Crippen LogP contribution in [0.4, 0.5) is 0 Å². The van der Waals surface area contributed by atoms with Gasteiger partial charge in [0.1, 0.15) is 5.75 Å². The average molecular weight is 359 g/mol. The Bertz CT molecular complexity index is 667. The highest BCUT2D eigenvalue weighted by atomic mass is 32.2. The van der Waals surface area contributed by atoms with Crippen LogP contribution in [0.5, 0.6) is 5.75 Å². The van der Waals surface area contributed by atoms with Crippen LogP contribution in [-0.4, -0.2) is 35.4 Å². The Morgan fingerprint density at radius 3 is 2.20 bits per heavy atom. The van der Waals surface area contributed by atoms with E-state index in [-0.39, 0.29) is 10.8 Å². The molecule has 136 valence electrons. The fourth-order valence-corrected chi connectivity index (χ4v) is 4.15. The van der Waals surface area contributed by atoms with Gasteiger partial charge in [-0.1, -0.05) is 41.5 Å². The number of thioether (sulfide) groups is 1. The Balaban J connectivity index is 2.47. The fourth-order valence-electron chi connectivity index (χ4n) is 3.04. The molecule has 1 aromatic carbocycles. The Labute approximate surface area is 156 Å². The summed E-state index contributed by atoms with van der Waals surface area (Å²) in [5, 5.41) is 19.8. The van der Waals surface area contributed by atoms with Crippen molar-refractivity contribution in [1.29, 1.82) is 5.26 Å². The molecule has 0 atom stereocenters. The van der Waals surface area contributed by atoms with Crippen LogP contribution < -0.4 is 0 Å². The maximum Gasteiger partial charge on any atom is 0.123 e. The largest absolute Gasteiger partial charge is 0.507 e. The summed E-state index contributed by atoms with van der Waals surface area (Å²) < 4.78 is 0. The van der Waals surface area contributed by atoms with Crippen molar-refractivity contribution in [2.24, 2.45) is 0 Å². The van der Waals surface area contributed by atoms with Gasteiger partial charge in [0.2, 0.25) is 0 Å². The van der Waals surface area contributed by atoms with Gasteiger partial charge in [-0.2, -0.15) is 5.26 Å². The average Bonchev–Trinajstić information content (AvgIpc) is 2.47. The van der Waals surface area contributed by atoms with Crippen LogP contribution in [0, 0.1) is 11.3 Å². The number of benzene rings is 1. The first kappa shape index (κ1) is 19.9. The van der Waals surface area contributed by atoms with Gasteiger partial charge in [-0.25, -0.2) is 0 Å². The standard InChI is InChI=1S/C21H30N2OS/c1-20(2,3)17-12-15(13-18(19(17)24)21(4,5)6)11-16-14-23(8-7-22)9-10-25-16/h11-13,24H,8-10,14H2,1-6H3. The van der Waals surface area contributed by atoms with Crippen LogP contribution >= 0.6 is 11.8 Å². The molecule has 3 nitrogen and oxygen atoms in total. The molecule has 1 N–H and O–H groups in total. The van der Waals surface area contributed by atoms with E-state index in [9.17, 15) is 5.11 Å². The molecule has 0 saturated carbocycles. The quantitative estimate of drug-likeness (QED) is 0.764. The van der Waals surface area contributed by atoms with Gasteiger partial charge in [-0.15, -0.1) is 11.8 Å².